The Balaban J connectivity index is 1.59. The van der Waals surface area contributed by atoms with E-state index >= 15 is 0 Å². The highest BCUT2D eigenvalue weighted by molar-refractivity contribution is 6.34. The first-order chi connectivity index (χ1) is 15.3. The Morgan fingerprint density at radius 3 is 2.59 bits per heavy atom. The van der Waals surface area contributed by atoms with Crippen LogP contribution in [0.2, 0.25) is 10.0 Å². The van der Waals surface area contributed by atoms with Gasteiger partial charge in [0.1, 0.15) is 0 Å². The molecule has 164 valence electrons. The number of nitrogens with zero attached hydrogens (tertiary/aromatic N) is 1. The maximum Gasteiger partial charge on any atom is 0.258 e. The number of carbonyl (C=O) groups is 2. The van der Waals surface area contributed by atoms with Crippen molar-refractivity contribution in [3.8, 4) is 0 Å². The number of hydrogen-bond acceptors (Lipinski definition) is 3. The van der Waals surface area contributed by atoms with Gasteiger partial charge < -0.3 is 15.3 Å². The number of anilines is 2. The molecule has 2 N–H and O–H groups in total. The van der Waals surface area contributed by atoms with Crippen LogP contribution in [0, 0.1) is 6.92 Å². The first-order valence-corrected chi connectivity index (χ1v) is 11.1. The van der Waals surface area contributed by atoms with Gasteiger partial charge in [-0.2, -0.15) is 0 Å². The number of aliphatic hydroxyl groups excluding tert-OH is 1. The first-order valence-electron chi connectivity index (χ1n) is 10.3. The molecular weight excluding hydrogens is 447 g/mol. The molecule has 0 aromatic heterocycles. The molecule has 1 heterocycles. The Bertz CT molecular complexity index is 1200. The van der Waals surface area contributed by atoms with Crippen LogP contribution in [0.3, 0.4) is 0 Å². The van der Waals surface area contributed by atoms with E-state index < -0.39 is 6.10 Å². The molecule has 0 aliphatic carbocycles. The monoisotopic (exact) mass is 468 g/mol. The molecule has 5 nitrogen and oxygen atoms in total. The van der Waals surface area contributed by atoms with Crippen molar-refractivity contribution < 1.29 is 14.7 Å². The van der Waals surface area contributed by atoms with Crippen LogP contribution in [-0.2, 0) is 0 Å². The van der Waals surface area contributed by atoms with Gasteiger partial charge in [-0.15, -0.1) is 0 Å². The van der Waals surface area contributed by atoms with Crippen LogP contribution in [0.25, 0.3) is 0 Å². The maximum absolute atomic E-state index is 13.3. The van der Waals surface area contributed by atoms with Crippen molar-refractivity contribution in [1.29, 1.82) is 0 Å². The second kappa shape index (κ2) is 9.33. The standard InChI is InChI=1S/C25H22Cl2N2O3/c1-15-5-2-3-6-18(15)24(31)28-21-10-8-16(13-20(21)27)25(32)29-12-4-7-23(30)19-14-17(26)9-11-22(19)29/h2-3,5-6,8-11,13-14,23,30H,4,7,12H2,1H3,(H,28,31). The molecule has 4 rings (SSSR count). The number of fused-ring (bicyclic) bond motifs is 1. The fourth-order valence-electron chi connectivity index (χ4n) is 3.89. The summed E-state index contributed by atoms with van der Waals surface area (Å²) in [4.78, 5) is 27.6. The van der Waals surface area contributed by atoms with Gasteiger partial charge in [-0.25, -0.2) is 0 Å². The molecule has 1 unspecified atom stereocenters. The highest BCUT2D eigenvalue weighted by atomic mass is 35.5. The lowest BCUT2D eigenvalue weighted by Gasteiger charge is -2.24. The van der Waals surface area contributed by atoms with Gasteiger partial charge in [0.2, 0.25) is 0 Å². The van der Waals surface area contributed by atoms with Crippen molar-refractivity contribution in [2.24, 2.45) is 0 Å². The lowest BCUT2D eigenvalue weighted by atomic mass is 10.0. The molecule has 3 aromatic rings. The maximum atomic E-state index is 13.3. The van der Waals surface area contributed by atoms with Crippen molar-refractivity contribution in [1.82, 2.24) is 0 Å². The number of nitrogens with one attached hydrogen (secondary N) is 1. The smallest absolute Gasteiger partial charge is 0.258 e. The summed E-state index contributed by atoms with van der Waals surface area (Å²) in [6, 6.07) is 17.2. The predicted molar refractivity (Wildman–Crippen MR) is 128 cm³/mol. The summed E-state index contributed by atoms with van der Waals surface area (Å²) in [5.41, 5.74) is 3.50. The molecule has 1 aliphatic rings. The van der Waals surface area contributed by atoms with E-state index in [0.29, 0.717) is 52.5 Å². The fraction of sp³-hybridized carbons (Fsp3) is 0.200. The average Bonchev–Trinajstić information content (AvgIpc) is 2.93. The number of aliphatic hydroxyl groups is 1. The van der Waals surface area contributed by atoms with Crippen molar-refractivity contribution in [3.05, 3.63) is 93.0 Å². The fourth-order valence-corrected chi connectivity index (χ4v) is 4.30. The predicted octanol–water partition coefficient (Wildman–Crippen LogP) is 6.03. The van der Waals surface area contributed by atoms with Crippen molar-refractivity contribution in [2.75, 3.05) is 16.8 Å². The van der Waals surface area contributed by atoms with E-state index in [1.807, 2.05) is 19.1 Å². The van der Waals surface area contributed by atoms with Gasteiger partial charge in [0.05, 0.1) is 16.8 Å². The second-order valence-electron chi connectivity index (χ2n) is 7.78. The summed E-state index contributed by atoms with van der Waals surface area (Å²) >= 11 is 12.5. The lowest BCUT2D eigenvalue weighted by Crippen LogP contribution is -2.31. The third-order valence-corrected chi connectivity index (χ3v) is 6.15. The van der Waals surface area contributed by atoms with Crippen molar-refractivity contribution in [2.45, 2.75) is 25.9 Å². The molecule has 32 heavy (non-hydrogen) atoms. The van der Waals surface area contributed by atoms with E-state index in [1.165, 1.54) is 0 Å². The normalized spacial score (nSPS) is 15.6. The molecule has 1 atom stereocenters. The van der Waals surface area contributed by atoms with Crippen LogP contribution in [-0.4, -0.2) is 23.5 Å². The molecular formula is C25H22Cl2N2O3. The van der Waals surface area contributed by atoms with E-state index in [4.69, 9.17) is 23.2 Å². The summed E-state index contributed by atoms with van der Waals surface area (Å²) in [7, 11) is 0. The summed E-state index contributed by atoms with van der Waals surface area (Å²) in [6.45, 7) is 2.33. The highest BCUT2D eigenvalue weighted by Crippen LogP contribution is 2.36. The number of halogens is 2. The van der Waals surface area contributed by atoms with Gasteiger partial charge in [-0.05, 0) is 67.8 Å². The van der Waals surface area contributed by atoms with Crippen LogP contribution in [0.1, 0.15) is 50.8 Å². The number of aryl methyl sites for hydroxylation is 1. The molecule has 0 bridgehead atoms. The van der Waals surface area contributed by atoms with Gasteiger partial charge >= 0.3 is 0 Å². The Morgan fingerprint density at radius 1 is 1.06 bits per heavy atom. The first kappa shape index (κ1) is 22.3. The Morgan fingerprint density at radius 2 is 1.84 bits per heavy atom. The number of hydrogen-bond donors (Lipinski definition) is 2. The van der Waals surface area contributed by atoms with E-state index in [0.717, 1.165) is 5.56 Å². The van der Waals surface area contributed by atoms with E-state index in [-0.39, 0.29) is 16.8 Å². The number of carbonyl (C=O) groups excluding carboxylic acids is 2. The van der Waals surface area contributed by atoms with Crippen LogP contribution < -0.4 is 10.2 Å². The quantitative estimate of drug-likeness (QED) is 0.492. The molecule has 2 amide bonds. The lowest BCUT2D eigenvalue weighted by molar-refractivity contribution is 0.0985. The zero-order valence-electron chi connectivity index (χ0n) is 17.4. The summed E-state index contributed by atoms with van der Waals surface area (Å²) in [6.07, 6.45) is 0.517. The molecule has 1 aliphatic heterocycles. The third-order valence-electron chi connectivity index (χ3n) is 5.60. The minimum absolute atomic E-state index is 0.235. The van der Waals surface area contributed by atoms with Gasteiger partial charge in [0.15, 0.2) is 0 Å². The molecule has 0 saturated heterocycles. The Kier molecular flexibility index (Phi) is 6.51. The van der Waals surface area contributed by atoms with Gasteiger partial charge in [0, 0.05) is 33.9 Å². The zero-order valence-corrected chi connectivity index (χ0v) is 19.0. The zero-order chi connectivity index (χ0) is 22.8. The highest BCUT2D eigenvalue weighted by Gasteiger charge is 2.27. The summed E-state index contributed by atoms with van der Waals surface area (Å²) < 4.78 is 0. The topological polar surface area (TPSA) is 69.6 Å². The minimum atomic E-state index is -0.677. The van der Waals surface area contributed by atoms with E-state index in [9.17, 15) is 14.7 Å². The molecule has 3 aromatic carbocycles. The molecule has 7 heteroatoms. The van der Waals surface area contributed by atoms with E-state index in [1.54, 1.807) is 53.4 Å². The van der Waals surface area contributed by atoms with Crippen molar-refractivity contribution >= 4 is 46.4 Å². The van der Waals surface area contributed by atoms with Crippen LogP contribution in [0.4, 0.5) is 11.4 Å². The molecule has 0 fully saturated rings. The molecule has 0 saturated carbocycles. The Labute approximate surface area is 196 Å². The van der Waals surface area contributed by atoms with Gasteiger partial charge in [-0.1, -0.05) is 41.4 Å². The minimum Gasteiger partial charge on any atom is -0.388 e. The van der Waals surface area contributed by atoms with Crippen molar-refractivity contribution in [3.63, 3.8) is 0 Å². The second-order valence-corrected chi connectivity index (χ2v) is 8.63. The Hall–Kier alpha value is -2.86. The number of amides is 2. The van der Waals surface area contributed by atoms with Crippen LogP contribution in [0.5, 0.6) is 0 Å². The SMILES string of the molecule is Cc1ccccc1C(=O)Nc1ccc(C(=O)N2CCCC(O)c3cc(Cl)ccc32)cc1Cl. The van der Waals surface area contributed by atoms with E-state index in [2.05, 4.69) is 5.32 Å². The van der Waals surface area contributed by atoms with Gasteiger partial charge in [-0.3, -0.25) is 9.59 Å². The number of rotatable bonds is 3. The largest absolute Gasteiger partial charge is 0.388 e. The average molecular weight is 469 g/mol. The number of benzene rings is 3. The summed E-state index contributed by atoms with van der Waals surface area (Å²) in [5.74, 6) is -0.502. The van der Waals surface area contributed by atoms with Gasteiger partial charge in [0.25, 0.3) is 11.8 Å². The summed E-state index contributed by atoms with van der Waals surface area (Å²) in [5, 5.41) is 14.0. The van der Waals surface area contributed by atoms with Crippen LogP contribution >= 0.6 is 23.2 Å². The molecule has 0 radical (unpaired) electrons. The van der Waals surface area contributed by atoms with Crippen LogP contribution in [0.15, 0.2) is 60.7 Å². The molecule has 0 spiro atoms. The third kappa shape index (κ3) is 4.51.